The molecule has 5 heteroatoms. The molecule has 0 aromatic carbocycles. The molecule has 0 unspecified atom stereocenters. The van der Waals surface area contributed by atoms with E-state index in [2.05, 4.69) is 59.5 Å². The summed E-state index contributed by atoms with van der Waals surface area (Å²) in [5, 5.41) is 0. The third-order valence-electron chi connectivity index (χ3n) is 5.01. The summed E-state index contributed by atoms with van der Waals surface area (Å²) in [6, 6.07) is 2.10. The van der Waals surface area contributed by atoms with Gasteiger partial charge in [0.15, 0.2) is 0 Å². The summed E-state index contributed by atoms with van der Waals surface area (Å²) in [5.41, 5.74) is 1.19. The second-order valence-electron chi connectivity index (χ2n) is 8.76. The monoisotopic (exact) mass is 317 g/mol. The topological polar surface area (TPSA) is 40.6 Å². The normalized spacial score (nSPS) is 23.2. The standard InChI is InChI=1S/C18H28BNO3/c1-16(2,3)14-10-13(21-12-8-9-12)11-20-15(14)19-22-17(4,5)18(6,7)23-19/h10-12H,8-9H2,1-7H3. The van der Waals surface area contributed by atoms with Gasteiger partial charge in [0.25, 0.3) is 0 Å². The highest BCUT2D eigenvalue weighted by Gasteiger charge is 2.53. The third-order valence-corrected chi connectivity index (χ3v) is 5.01. The van der Waals surface area contributed by atoms with Gasteiger partial charge in [0.05, 0.1) is 29.1 Å². The Hall–Kier alpha value is -1.07. The maximum absolute atomic E-state index is 6.19. The summed E-state index contributed by atoms with van der Waals surface area (Å²) >= 11 is 0. The van der Waals surface area contributed by atoms with E-state index < -0.39 is 7.12 Å². The Morgan fingerprint density at radius 1 is 1.13 bits per heavy atom. The van der Waals surface area contributed by atoms with Crippen molar-refractivity contribution in [1.82, 2.24) is 4.98 Å². The first kappa shape index (κ1) is 16.8. The number of nitrogens with zero attached hydrogens (tertiary/aromatic N) is 1. The van der Waals surface area contributed by atoms with Crippen LogP contribution in [-0.2, 0) is 14.7 Å². The molecule has 1 saturated heterocycles. The van der Waals surface area contributed by atoms with E-state index in [0.717, 1.165) is 29.7 Å². The number of pyridine rings is 1. The summed E-state index contributed by atoms with van der Waals surface area (Å²) in [5.74, 6) is 0.845. The Labute approximate surface area is 140 Å². The van der Waals surface area contributed by atoms with E-state index in [4.69, 9.17) is 14.0 Å². The average Bonchev–Trinajstić information content (AvgIpc) is 3.16. The van der Waals surface area contributed by atoms with E-state index in [1.165, 1.54) is 0 Å². The van der Waals surface area contributed by atoms with Gasteiger partial charge in [-0.15, -0.1) is 0 Å². The van der Waals surface area contributed by atoms with Gasteiger partial charge < -0.3 is 14.0 Å². The van der Waals surface area contributed by atoms with E-state index in [9.17, 15) is 0 Å². The Bertz CT molecular complexity index is 587. The lowest BCUT2D eigenvalue weighted by molar-refractivity contribution is 0.00578. The molecule has 0 bridgehead atoms. The second-order valence-corrected chi connectivity index (χ2v) is 8.76. The molecule has 3 rings (SSSR count). The van der Waals surface area contributed by atoms with Crippen molar-refractivity contribution in [3.05, 3.63) is 17.8 Å². The SMILES string of the molecule is CC(C)(C)c1cc(OC2CC2)cnc1B1OC(C)(C)C(C)(C)O1. The number of ether oxygens (including phenoxy) is 1. The molecule has 0 atom stereocenters. The average molecular weight is 317 g/mol. The molecule has 4 nitrogen and oxygen atoms in total. The highest BCUT2D eigenvalue weighted by atomic mass is 16.7. The lowest BCUT2D eigenvalue weighted by Gasteiger charge is -2.32. The molecule has 1 saturated carbocycles. The van der Waals surface area contributed by atoms with Crippen molar-refractivity contribution >= 4 is 12.7 Å². The van der Waals surface area contributed by atoms with Crippen LogP contribution in [0.4, 0.5) is 0 Å². The number of hydrogen-bond acceptors (Lipinski definition) is 4. The molecular formula is C18H28BNO3. The number of hydrogen-bond donors (Lipinski definition) is 0. The molecular weight excluding hydrogens is 289 g/mol. The largest absolute Gasteiger partial charge is 0.514 e. The molecule has 2 heterocycles. The minimum Gasteiger partial charge on any atom is -0.489 e. The molecule has 1 aromatic heterocycles. The third kappa shape index (κ3) is 3.27. The molecule has 0 spiro atoms. The molecule has 1 aliphatic heterocycles. The summed E-state index contributed by atoms with van der Waals surface area (Å²) in [6.45, 7) is 14.8. The molecule has 23 heavy (non-hydrogen) atoms. The lowest BCUT2D eigenvalue weighted by atomic mass is 9.73. The van der Waals surface area contributed by atoms with Crippen LogP contribution in [-0.4, -0.2) is 29.4 Å². The van der Waals surface area contributed by atoms with Gasteiger partial charge in [0.1, 0.15) is 5.75 Å². The maximum Gasteiger partial charge on any atom is 0.514 e. The first-order valence-electron chi connectivity index (χ1n) is 8.52. The molecule has 1 aliphatic carbocycles. The van der Waals surface area contributed by atoms with Crippen LogP contribution in [0.1, 0.15) is 66.9 Å². The Kier molecular flexibility index (Phi) is 3.81. The van der Waals surface area contributed by atoms with E-state index >= 15 is 0 Å². The molecule has 0 N–H and O–H groups in total. The zero-order valence-corrected chi connectivity index (χ0v) is 15.4. The van der Waals surface area contributed by atoms with Crippen molar-refractivity contribution in [3.63, 3.8) is 0 Å². The Morgan fingerprint density at radius 2 is 1.70 bits per heavy atom. The molecule has 2 fully saturated rings. The molecule has 1 aromatic rings. The quantitative estimate of drug-likeness (QED) is 0.803. The predicted octanol–water partition coefficient (Wildman–Crippen LogP) is 3.22. The second kappa shape index (κ2) is 5.22. The smallest absolute Gasteiger partial charge is 0.489 e. The Balaban J connectivity index is 1.95. The molecule has 126 valence electrons. The van der Waals surface area contributed by atoms with Crippen molar-refractivity contribution in [1.29, 1.82) is 0 Å². The van der Waals surface area contributed by atoms with Gasteiger partial charge >= 0.3 is 7.12 Å². The zero-order valence-electron chi connectivity index (χ0n) is 15.4. The molecule has 0 radical (unpaired) electrons. The summed E-state index contributed by atoms with van der Waals surface area (Å²) in [4.78, 5) is 4.66. The van der Waals surface area contributed by atoms with Crippen LogP contribution in [0.3, 0.4) is 0 Å². The van der Waals surface area contributed by atoms with E-state index in [-0.39, 0.29) is 16.6 Å². The van der Waals surface area contributed by atoms with Crippen molar-refractivity contribution < 1.29 is 14.0 Å². The van der Waals surface area contributed by atoms with Gasteiger partial charge in [-0.2, -0.15) is 0 Å². The van der Waals surface area contributed by atoms with Crippen LogP contribution >= 0.6 is 0 Å². The van der Waals surface area contributed by atoms with Gasteiger partial charge in [0, 0.05) is 0 Å². The zero-order chi connectivity index (χ0) is 17.0. The minimum absolute atomic E-state index is 0.0607. The van der Waals surface area contributed by atoms with Crippen LogP contribution in [0.5, 0.6) is 5.75 Å². The predicted molar refractivity (Wildman–Crippen MR) is 92.3 cm³/mol. The van der Waals surface area contributed by atoms with Crippen molar-refractivity contribution in [2.45, 2.75) is 84.0 Å². The first-order valence-corrected chi connectivity index (χ1v) is 8.52. The van der Waals surface area contributed by atoms with Gasteiger partial charge in [-0.3, -0.25) is 4.98 Å². The van der Waals surface area contributed by atoms with Crippen molar-refractivity contribution in [3.8, 4) is 5.75 Å². The van der Waals surface area contributed by atoms with E-state index in [1.54, 1.807) is 6.20 Å². The highest BCUT2D eigenvalue weighted by Crippen LogP contribution is 2.37. The maximum atomic E-state index is 6.19. The first-order chi connectivity index (χ1) is 10.5. The summed E-state index contributed by atoms with van der Waals surface area (Å²) in [7, 11) is -0.441. The van der Waals surface area contributed by atoms with E-state index in [1.807, 2.05) is 0 Å². The summed E-state index contributed by atoms with van der Waals surface area (Å²) < 4.78 is 18.3. The minimum atomic E-state index is -0.441. The highest BCUT2D eigenvalue weighted by molar-refractivity contribution is 6.61. The fourth-order valence-corrected chi connectivity index (χ4v) is 2.64. The molecule has 0 amide bonds. The van der Waals surface area contributed by atoms with Crippen LogP contribution in [0.15, 0.2) is 12.3 Å². The van der Waals surface area contributed by atoms with E-state index in [0.29, 0.717) is 6.10 Å². The number of rotatable bonds is 3. The van der Waals surface area contributed by atoms with Gasteiger partial charge in [-0.05, 0) is 57.6 Å². The van der Waals surface area contributed by atoms with Gasteiger partial charge in [0.2, 0.25) is 0 Å². The lowest BCUT2D eigenvalue weighted by Crippen LogP contribution is -2.42. The Morgan fingerprint density at radius 3 is 2.17 bits per heavy atom. The van der Waals surface area contributed by atoms with Crippen LogP contribution < -0.4 is 10.3 Å². The fraction of sp³-hybridized carbons (Fsp3) is 0.722. The van der Waals surface area contributed by atoms with Crippen LogP contribution in [0, 0.1) is 0 Å². The number of aromatic nitrogens is 1. The van der Waals surface area contributed by atoms with Crippen LogP contribution in [0.2, 0.25) is 0 Å². The summed E-state index contributed by atoms with van der Waals surface area (Å²) in [6.07, 6.45) is 4.45. The van der Waals surface area contributed by atoms with Crippen LogP contribution in [0.25, 0.3) is 0 Å². The van der Waals surface area contributed by atoms with Gasteiger partial charge in [-0.25, -0.2) is 0 Å². The fourth-order valence-electron chi connectivity index (χ4n) is 2.64. The van der Waals surface area contributed by atoms with Crippen molar-refractivity contribution in [2.24, 2.45) is 0 Å². The van der Waals surface area contributed by atoms with Crippen molar-refractivity contribution in [2.75, 3.05) is 0 Å². The van der Waals surface area contributed by atoms with Gasteiger partial charge in [-0.1, -0.05) is 20.8 Å². The molecule has 2 aliphatic rings.